The van der Waals surface area contributed by atoms with Crippen molar-refractivity contribution in [2.75, 3.05) is 0 Å². The summed E-state index contributed by atoms with van der Waals surface area (Å²) in [6, 6.07) is 5.44. The zero-order valence-electron chi connectivity index (χ0n) is 9.62. The largest absolute Gasteiger partial charge is 0.216 e. The summed E-state index contributed by atoms with van der Waals surface area (Å²) in [6.07, 6.45) is 0. The van der Waals surface area contributed by atoms with Crippen LogP contribution in [-0.4, -0.2) is 14.0 Å². The monoisotopic (exact) mass is 245 g/mol. The number of hydrogen-bond acceptors (Lipinski definition) is 2. The van der Waals surface area contributed by atoms with Gasteiger partial charge < -0.3 is 0 Å². The van der Waals surface area contributed by atoms with Crippen molar-refractivity contribution in [2.24, 2.45) is 0 Å². The first kappa shape index (κ1) is 13.1. The van der Waals surface area contributed by atoms with E-state index in [9.17, 15) is 12.8 Å². The van der Waals surface area contributed by atoms with Crippen LogP contribution >= 0.6 is 0 Å². The summed E-state index contributed by atoms with van der Waals surface area (Å²) in [5, 5.41) is 0. The van der Waals surface area contributed by atoms with Crippen LogP contribution in [0, 0.1) is 5.82 Å². The molecule has 0 fully saturated rings. The molecule has 0 aromatic heterocycles. The quantitative estimate of drug-likeness (QED) is 0.885. The predicted octanol–water partition coefficient (Wildman–Crippen LogP) is 2.04. The van der Waals surface area contributed by atoms with Crippen LogP contribution in [0.15, 0.2) is 24.3 Å². The van der Waals surface area contributed by atoms with Crippen molar-refractivity contribution in [3.05, 3.63) is 35.6 Å². The van der Waals surface area contributed by atoms with Gasteiger partial charge in [-0.1, -0.05) is 12.1 Å². The minimum atomic E-state index is -3.38. The summed E-state index contributed by atoms with van der Waals surface area (Å²) in [5.74, 6) is -0.505. The van der Waals surface area contributed by atoms with Gasteiger partial charge in [0.2, 0.25) is 10.0 Å². The molecule has 0 aliphatic heterocycles. The van der Waals surface area contributed by atoms with Crippen molar-refractivity contribution >= 4 is 10.0 Å². The lowest BCUT2D eigenvalue weighted by Gasteiger charge is -2.20. The number of nitrogens with one attached hydrogen (secondary N) is 1. The second kappa shape index (κ2) is 4.51. The molecule has 1 rings (SSSR count). The number of sulfonamides is 1. The summed E-state index contributed by atoms with van der Waals surface area (Å²) in [7, 11) is -3.38. The molecule has 0 atom stereocenters. The molecule has 0 bridgehead atoms. The summed E-state index contributed by atoms with van der Waals surface area (Å²) < 4.78 is 38.6. The van der Waals surface area contributed by atoms with Crippen LogP contribution in [0.5, 0.6) is 0 Å². The first-order valence-corrected chi connectivity index (χ1v) is 6.59. The minimum absolute atomic E-state index is 0.134. The van der Waals surface area contributed by atoms with Crippen LogP contribution in [-0.2, 0) is 15.8 Å². The highest BCUT2D eigenvalue weighted by Crippen LogP contribution is 2.09. The van der Waals surface area contributed by atoms with E-state index >= 15 is 0 Å². The zero-order chi connectivity index (χ0) is 12.4. The first-order chi connectivity index (χ1) is 7.18. The summed E-state index contributed by atoms with van der Waals surface area (Å²) in [6.45, 7) is 5.32. The van der Waals surface area contributed by atoms with Gasteiger partial charge in [0.25, 0.3) is 0 Å². The summed E-state index contributed by atoms with van der Waals surface area (Å²) in [4.78, 5) is 0. The molecule has 0 heterocycles. The highest BCUT2D eigenvalue weighted by Gasteiger charge is 2.20. The Labute approximate surface area is 95.7 Å². The second-order valence-electron chi connectivity index (χ2n) is 4.74. The third kappa shape index (κ3) is 4.72. The van der Waals surface area contributed by atoms with Gasteiger partial charge in [-0.3, -0.25) is 0 Å². The molecule has 1 aromatic carbocycles. The average molecular weight is 245 g/mol. The number of halogens is 1. The van der Waals surface area contributed by atoms with Crippen molar-refractivity contribution in [1.82, 2.24) is 4.72 Å². The van der Waals surface area contributed by atoms with E-state index in [4.69, 9.17) is 0 Å². The Morgan fingerprint density at radius 1 is 1.19 bits per heavy atom. The molecule has 0 unspecified atom stereocenters. The van der Waals surface area contributed by atoms with Gasteiger partial charge in [0.1, 0.15) is 5.82 Å². The fourth-order valence-corrected chi connectivity index (χ4v) is 2.94. The van der Waals surface area contributed by atoms with Crippen LogP contribution in [0.25, 0.3) is 0 Å². The molecule has 1 aromatic rings. The van der Waals surface area contributed by atoms with Gasteiger partial charge in [0.05, 0.1) is 5.75 Å². The lowest BCUT2D eigenvalue weighted by atomic mass is 10.1. The maximum atomic E-state index is 12.6. The Morgan fingerprint density at radius 2 is 1.69 bits per heavy atom. The third-order valence-electron chi connectivity index (χ3n) is 1.73. The Bertz CT molecular complexity index is 446. The Kier molecular flexibility index (Phi) is 3.70. The Balaban J connectivity index is 2.77. The van der Waals surface area contributed by atoms with Crippen molar-refractivity contribution in [3.8, 4) is 0 Å². The fourth-order valence-electron chi connectivity index (χ4n) is 1.30. The van der Waals surface area contributed by atoms with E-state index in [-0.39, 0.29) is 11.6 Å². The summed E-state index contributed by atoms with van der Waals surface area (Å²) in [5.41, 5.74) is 0.0666. The van der Waals surface area contributed by atoms with Gasteiger partial charge >= 0.3 is 0 Å². The lowest BCUT2D eigenvalue weighted by molar-refractivity contribution is 0.491. The van der Waals surface area contributed by atoms with Crippen molar-refractivity contribution in [3.63, 3.8) is 0 Å². The van der Waals surface area contributed by atoms with Crippen LogP contribution in [0.3, 0.4) is 0 Å². The highest BCUT2D eigenvalue weighted by atomic mass is 32.2. The SMILES string of the molecule is CC(C)(C)NS(=O)(=O)Cc1ccc(F)cc1. The molecular formula is C11H16FNO2S. The molecular weight excluding hydrogens is 229 g/mol. The van der Waals surface area contributed by atoms with Gasteiger partial charge in [0.15, 0.2) is 0 Å². The molecule has 3 nitrogen and oxygen atoms in total. The molecule has 0 amide bonds. The van der Waals surface area contributed by atoms with E-state index in [0.29, 0.717) is 5.56 Å². The molecule has 5 heteroatoms. The molecule has 0 aliphatic carbocycles. The van der Waals surface area contributed by atoms with Gasteiger partial charge in [-0.05, 0) is 38.5 Å². The maximum Gasteiger partial charge on any atom is 0.216 e. The van der Waals surface area contributed by atoms with Crippen molar-refractivity contribution in [2.45, 2.75) is 32.1 Å². The zero-order valence-corrected chi connectivity index (χ0v) is 10.4. The van der Waals surface area contributed by atoms with Crippen molar-refractivity contribution < 1.29 is 12.8 Å². The van der Waals surface area contributed by atoms with Gasteiger partial charge in [-0.25, -0.2) is 17.5 Å². The Morgan fingerprint density at radius 3 is 2.12 bits per heavy atom. The minimum Gasteiger partial charge on any atom is -0.212 e. The maximum absolute atomic E-state index is 12.6. The van der Waals surface area contributed by atoms with E-state index < -0.39 is 15.6 Å². The standard InChI is InChI=1S/C11H16FNO2S/c1-11(2,3)13-16(14,15)8-9-4-6-10(12)7-5-9/h4-7,13H,8H2,1-3H3. The molecule has 1 N–H and O–H groups in total. The number of benzene rings is 1. The Hall–Kier alpha value is -0.940. The molecule has 0 saturated heterocycles. The van der Waals surface area contributed by atoms with Gasteiger partial charge in [-0.15, -0.1) is 0 Å². The normalized spacial score (nSPS) is 12.8. The smallest absolute Gasteiger partial charge is 0.212 e. The molecule has 0 spiro atoms. The average Bonchev–Trinajstić information content (AvgIpc) is 2.04. The second-order valence-corrected chi connectivity index (χ2v) is 6.46. The van der Waals surface area contributed by atoms with Gasteiger partial charge in [0, 0.05) is 5.54 Å². The molecule has 0 radical (unpaired) electrons. The topological polar surface area (TPSA) is 46.2 Å². The lowest BCUT2D eigenvalue weighted by Crippen LogP contribution is -2.41. The van der Waals surface area contributed by atoms with E-state index in [1.54, 1.807) is 20.8 Å². The van der Waals surface area contributed by atoms with Crippen LogP contribution in [0.2, 0.25) is 0 Å². The van der Waals surface area contributed by atoms with E-state index in [1.165, 1.54) is 24.3 Å². The van der Waals surface area contributed by atoms with Crippen molar-refractivity contribution in [1.29, 1.82) is 0 Å². The molecule has 90 valence electrons. The van der Waals surface area contributed by atoms with Crippen LogP contribution in [0.1, 0.15) is 26.3 Å². The fraction of sp³-hybridized carbons (Fsp3) is 0.455. The van der Waals surface area contributed by atoms with Crippen LogP contribution < -0.4 is 4.72 Å². The van der Waals surface area contributed by atoms with Gasteiger partial charge in [-0.2, -0.15) is 0 Å². The molecule has 0 aliphatic rings. The third-order valence-corrected chi connectivity index (χ3v) is 3.37. The predicted molar refractivity (Wildman–Crippen MR) is 61.9 cm³/mol. The van der Waals surface area contributed by atoms with E-state index in [0.717, 1.165) is 0 Å². The van der Waals surface area contributed by atoms with Crippen LogP contribution in [0.4, 0.5) is 4.39 Å². The van der Waals surface area contributed by atoms with E-state index in [1.807, 2.05) is 0 Å². The first-order valence-electron chi connectivity index (χ1n) is 4.94. The number of hydrogen-bond donors (Lipinski definition) is 1. The van der Waals surface area contributed by atoms with E-state index in [2.05, 4.69) is 4.72 Å². The molecule has 0 saturated carbocycles. The number of rotatable bonds is 3. The molecule has 16 heavy (non-hydrogen) atoms. The summed E-state index contributed by atoms with van der Waals surface area (Å²) >= 11 is 0. The highest BCUT2D eigenvalue weighted by molar-refractivity contribution is 7.88.